The van der Waals surface area contributed by atoms with Crippen molar-refractivity contribution in [2.45, 2.75) is 19.3 Å². The minimum absolute atomic E-state index is 0.0638. The van der Waals surface area contributed by atoms with E-state index in [1.54, 1.807) is 0 Å². The van der Waals surface area contributed by atoms with E-state index < -0.39 is 24.0 Å². The van der Waals surface area contributed by atoms with Gasteiger partial charge in [0.2, 0.25) is 5.91 Å². The van der Waals surface area contributed by atoms with E-state index in [-0.39, 0.29) is 48.2 Å². The lowest BCUT2D eigenvalue weighted by atomic mass is 10.2. The molecule has 172 valence electrons. The Bertz CT molecular complexity index is 965. The van der Waals surface area contributed by atoms with Crippen LogP contribution in [0.5, 0.6) is 11.5 Å². The Morgan fingerprint density at radius 1 is 1.03 bits per heavy atom. The van der Waals surface area contributed by atoms with E-state index in [0.29, 0.717) is 5.56 Å². The molecule has 0 radical (unpaired) electrons. The van der Waals surface area contributed by atoms with Gasteiger partial charge in [0, 0.05) is 24.7 Å². The molecule has 11 heteroatoms. The summed E-state index contributed by atoms with van der Waals surface area (Å²) in [4.78, 5) is 23.8. The highest BCUT2D eigenvalue weighted by Gasteiger charge is 2.30. The normalized spacial score (nSPS) is 10.9. The molecule has 0 aromatic heterocycles. The third-order valence-electron chi connectivity index (χ3n) is 3.94. The fraction of sp³-hybridized carbons (Fsp3) is 0.238. The quantitative estimate of drug-likeness (QED) is 0.401. The van der Waals surface area contributed by atoms with Gasteiger partial charge in [0.05, 0.1) is 5.02 Å². The number of halogens is 5. The van der Waals surface area contributed by atoms with Crippen LogP contribution in [-0.4, -0.2) is 31.3 Å². The molecule has 0 fully saturated rings. The van der Waals surface area contributed by atoms with E-state index in [1.165, 1.54) is 24.3 Å². The molecule has 0 bridgehead atoms. The van der Waals surface area contributed by atoms with Crippen molar-refractivity contribution in [3.05, 3.63) is 71.0 Å². The van der Waals surface area contributed by atoms with Crippen LogP contribution in [0.4, 0.5) is 17.6 Å². The average molecular weight is 475 g/mol. The number of rotatable bonds is 10. The zero-order valence-electron chi connectivity index (χ0n) is 16.6. The number of benzene rings is 2. The molecule has 2 aromatic rings. The summed E-state index contributed by atoms with van der Waals surface area (Å²) in [7, 11) is 0. The van der Waals surface area contributed by atoms with Gasteiger partial charge >= 0.3 is 6.36 Å². The van der Waals surface area contributed by atoms with Crippen LogP contribution in [-0.2, 0) is 16.1 Å². The van der Waals surface area contributed by atoms with Gasteiger partial charge in [0.25, 0.3) is 5.91 Å². The van der Waals surface area contributed by atoms with Gasteiger partial charge in [-0.2, -0.15) is 0 Å². The summed E-state index contributed by atoms with van der Waals surface area (Å²) in [5.74, 6) is -1.84. The number of alkyl halides is 3. The molecule has 0 spiro atoms. The van der Waals surface area contributed by atoms with Crippen LogP contribution in [0.1, 0.15) is 12.0 Å². The molecular weight excluding hydrogens is 456 g/mol. The number of carbonyl (C=O) groups is 2. The van der Waals surface area contributed by atoms with Crippen LogP contribution in [0.2, 0.25) is 5.02 Å². The first-order chi connectivity index (χ1) is 15.0. The third-order valence-corrected chi connectivity index (χ3v) is 4.25. The second-order valence-electron chi connectivity index (χ2n) is 6.44. The summed E-state index contributed by atoms with van der Waals surface area (Å²) in [6.45, 7) is 3.47. The predicted molar refractivity (Wildman–Crippen MR) is 109 cm³/mol. The number of carbonyl (C=O) groups excluding carboxylic acids is 2. The van der Waals surface area contributed by atoms with Gasteiger partial charge in [-0.05, 0) is 36.2 Å². The zero-order chi connectivity index (χ0) is 23.7. The van der Waals surface area contributed by atoms with Gasteiger partial charge in [0.15, 0.2) is 6.61 Å². The lowest BCUT2D eigenvalue weighted by molar-refractivity contribution is -0.274. The standard InChI is InChI=1S/C21H19ClF4N2O4/c1-13(8-9-27-19(29)12-31-16-6-7-17(22)18(23)10-16)20(30)28-11-14-2-4-15(5-3-14)32-21(24,25)26/h2-7,10H,1,8-9,11-12H2,(H,27,29)(H,28,30). The van der Waals surface area contributed by atoms with Crippen LogP contribution in [0, 0.1) is 5.82 Å². The molecule has 0 atom stereocenters. The Kier molecular flexibility index (Phi) is 8.89. The molecule has 0 aliphatic heterocycles. The summed E-state index contributed by atoms with van der Waals surface area (Å²) in [6, 6.07) is 8.82. The Balaban J connectivity index is 1.66. The van der Waals surface area contributed by atoms with Crippen molar-refractivity contribution >= 4 is 23.4 Å². The molecule has 0 saturated carbocycles. The van der Waals surface area contributed by atoms with Crippen LogP contribution >= 0.6 is 11.6 Å². The minimum Gasteiger partial charge on any atom is -0.484 e. The molecule has 6 nitrogen and oxygen atoms in total. The zero-order valence-corrected chi connectivity index (χ0v) is 17.4. The highest BCUT2D eigenvalue weighted by Crippen LogP contribution is 2.23. The second-order valence-corrected chi connectivity index (χ2v) is 6.85. The molecular formula is C21H19ClF4N2O4. The highest BCUT2D eigenvalue weighted by molar-refractivity contribution is 6.30. The first-order valence-electron chi connectivity index (χ1n) is 9.18. The summed E-state index contributed by atoms with van der Waals surface area (Å²) in [5.41, 5.74) is 0.757. The number of amides is 2. The second kappa shape index (κ2) is 11.4. The van der Waals surface area contributed by atoms with Crippen LogP contribution < -0.4 is 20.1 Å². The van der Waals surface area contributed by atoms with Crippen molar-refractivity contribution < 1.29 is 36.6 Å². The molecule has 0 saturated heterocycles. The lowest BCUT2D eigenvalue weighted by Crippen LogP contribution is -2.31. The van der Waals surface area contributed by atoms with Gasteiger partial charge in [-0.3, -0.25) is 9.59 Å². The topological polar surface area (TPSA) is 76.7 Å². The van der Waals surface area contributed by atoms with Crippen LogP contribution in [0.15, 0.2) is 54.6 Å². The van der Waals surface area contributed by atoms with Crippen LogP contribution in [0.25, 0.3) is 0 Å². The van der Waals surface area contributed by atoms with Gasteiger partial charge < -0.3 is 20.1 Å². The van der Waals surface area contributed by atoms with Crippen LogP contribution in [0.3, 0.4) is 0 Å². The van der Waals surface area contributed by atoms with Crippen molar-refractivity contribution in [1.82, 2.24) is 10.6 Å². The molecule has 2 N–H and O–H groups in total. The summed E-state index contributed by atoms with van der Waals surface area (Å²) in [5, 5.41) is 5.04. The Hall–Kier alpha value is -3.27. The van der Waals surface area contributed by atoms with Crippen molar-refractivity contribution in [2.24, 2.45) is 0 Å². The largest absolute Gasteiger partial charge is 0.573 e. The molecule has 2 aromatic carbocycles. The van der Waals surface area contributed by atoms with Gasteiger partial charge in [0.1, 0.15) is 17.3 Å². The van der Waals surface area contributed by atoms with Crippen molar-refractivity contribution in [3.8, 4) is 11.5 Å². The molecule has 0 unspecified atom stereocenters. The summed E-state index contributed by atoms with van der Waals surface area (Å²) in [6.07, 6.45) is -4.62. The Morgan fingerprint density at radius 3 is 2.31 bits per heavy atom. The fourth-order valence-corrected chi connectivity index (χ4v) is 2.47. The SMILES string of the molecule is C=C(CCNC(=O)COc1ccc(Cl)c(F)c1)C(=O)NCc1ccc(OC(F)(F)F)cc1. The maximum absolute atomic E-state index is 13.3. The van der Waals surface area contributed by atoms with E-state index in [1.807, 2.05) is 0 Å². The minimum atomic E-state index is -4.78. The smallest absolute Gasteiger partial charge is 0.484 e. The summed E-state index contributed by atoms with van der Waals surface area (Å²) < 4.78 is 58.7. The number of hydrogen-bond donors (Lipinski definition) is 2. The molecule has 32 heavy (non-hydrogen) atoms. The van der Waals surface area contributed by atoms with Gasteiger partial charge in [-0.25, -0.2) is 4.39 Å². The monoisotopic (exact) mass is 474 g/mol. The molecule has 0 aliphatic rings. The van der Waals surface area contributed by atoms with Gasteiger partial charge in [-0.1, -0.05) is 30.3 Å². The van der Waals surface area contributed by atoms with Crippen molar-refractivity contribution in [2.75, 3.05) is 13.2 Å². The predicted octanol–water partition coefficient (Wildman–Crippen LogP) is 4.14. The maximum atomic E-state index is 13.3. The number of nitrogens with one attached hydrogen (secondary N) is 2. The molecule has 0 heterocycles. The van der Waals surface area contributed by atoms with Crippen molar-refractivity contribution in [1.29, 1.82) is 0 Å². The fourth-order valence-electron chi connectivity index (χ4n) is 2.35. The Labute approximate surface area is 186 Å². The molecule has 2 amide bonds. The molecule has 2 rings (SSSR count). The van der Waals surface area contributed by atoms with E-state index in [9.17, 15) is 27.2 Å². The Morgan fingerprint density at radius 2 is 1.69 bits per heavy atom. The lowest BCUT2D eigenvalue weighted by Gasteiger charge is -2.11. The van der Waals surface area contributed by atoms with E-state index in [4.69, 9.17) is 16.3 Å². The number of ether oxygens (including phenoxy) is 2. The first kappa shape index (κ1) is 25.0. The average Bonchev–Trinajstić information content (AvgIpc) is 2.72. The summed E-state index contributed by atoms with van der Waals surface area (Å²) >= 11 is 5.56. The number of hydrogen-bond acceptors (Lipinski definition) is 4. The molecule has 0 aliphatic carbocycles. The first-order valence-corrected chi connectivity index (χ1v) is 9.56. The van der Waals surface area contributed by atoms with Gasteiger partial charge in [-0.15, -0.1) is 13.2 Å². The van der Waals surface area contributed by atoms with E-state index in [2.05, 4.69) is 21.9 Å². The highest BCUT2D eigenvalue weighted by atomic mass is 35.5. The third kappa shape index (κ3) is 8.84. The van der Waals surface area contributed by atoms with Crippen molar-refractivity contribution in [3.63, 3.8) is 0 Å². The maximum Gasteiger partial charge on any atom is 0.573 e. The van der Waals surface area contributed by atoms with E-state index in [0.717, 1.165) is 18.2 Å². The van der Waals surface area contributed by atoms with E-state index >= 15 is 0 Å².